The van der Waals surface area contributed by atoms with Crippen LogP contribution in [0.5, 0.6) is 0 Å². The van der Waals surface area contributed by atoms with Crippen molar-refractivity contribution in [2.45, 2.75) is 31.6 Å². The fourth-order valence-corrected chi connectivity index (χ4v) is 3.62. The first kappa shape index (κ1) is 14.6. The summed E-state index contributed by atoms with van der Waals surface area (Å²) in [5.41, 5.74) is 2.92. The van der Waals surface area contributed by atoms with Crippen molar-refractivity contribution in [2.24, 2.45) is 5.92 Å². The summed E-state index contributed by atoms with van der Waals surface area (Å²) in [6.07, 6.45) is 4.71. The minimum atomic E-state index is 0.0424. The third-order valence-electron chi connectivity index (χ3n) is 5.06. The van der Waals surface area contributed by atoms with E-state index in [1.165, 1.54) is 24.0 Å². The summed E-state index contributed by atoms with van der Waals surface area (Å²) in [5, 5.41) is 3.14. The van der Waals surface area contributed by atoms with Crippen LogP contribution in [-0.2, 0) is 5.41 Å². The van der Waals surface area contributed by atoms with E-state index < -0.39 is 0 Å². The summed E-state index contributed by atoms with van der Waals surface area (Å²) in [4.78, 5) is 2.15. The van der Waals surface area contributed by atoms with Crippen LogP contribution in [-0.4, -0.2) is 31.6 Å². The first-order chi connectivity index (χ1) is 10.1. The zero-order chi connectivity index (χ0) is 14.9. The number of nitrogens with one attached hydrogen (secondary N) is 1. The Bertz CT molecular complexity index is 517. The quantitative estimate of drug-likeness (QED) is 0.893. The number of aryl methyl sites for hydroxylation is 1. The van der Waals surface area contributed by atoms with Crippen molar-refractivity contribution in [3.05, 3.63) is 47.4 Å². The van der Waals surface area contributed by atoms with Crippen LogP contribution >= 0.6 is 0 Å². The Morgan fingerprint density at radius 3 is 2.62 bits per heavy atom. The van der Waals surface area contributed by atoms with Gasteiger partial charge in [0.25, 0.3) is 0 Å². The second-order valence-electron chi connectivity index (χ2n) is 6.60. The molecule has 1 aliphatic carbocycles. The van der Waals surface area contributed by atoms with E-state index in [0.717, 1.165) is 19.6 Å². The van der Waals surface area contributed by atoms with Crippen LogP contribution < -0.4 is 5.32 Å². The highest BCUT2D eigenvalue weighted by molar-refractivity contribution is 5.35. The normalized spacial score (nSPS) is 23.9. The number of allylic oxidation sites excluding steroid dienone is 1. The van der Waals surface area contributed by atoms with E-state index in [0.29, 0.717) is 12.3 Å². The van der Waals surface area contributed by atoms with Gasteiger partial charge < -0.3 is 10.2 Å². The zero-order valence-electron chi connectivity index (χ0n) is 13.0. The van der Waals surface area contributed by atoms with E-state index in [-0.39, 0.29) is 11.2 Å². The molecular formula is C18H25FN2. The SMILES string of the molecule is CNCCN1C=C(F)CC(C2(c3ccc(C)cc3)CC2)C1. The van der Waals surface area contributed by atoms with E-state index in [1.807, 2.05) is 7.05 Å². The molecular weight excluding hydrogens is 263 g/mol. The van der Waals surface area contributed by atoms with Crippen molar-refractivity contribution in [1.82, 2.24) is 10.2 Å². The molecule has 0 amide bonds. The second kappa shape index (κ2) is 5.80. The van der Waals surface area contributed by atoms with Gasteiger partial charge >= 0.3 is 0 Å². The Kier molecular flexibility index (Phi) is 4.03. The summed E-state index contributed by atoms with van der Waals surface area (Å²) < 4.78 is 14.0. The molecule has 2 nitrogen and oxygen atoms in total. The molecule has 0 spiro atoms. The number of halogens is 1. The molecule has 0 aromatic heterocycles. The van der Waals surface area contributed by atoms with Crippen molar-refractivity contribution < 1.29 is 4.39 Å². The van der Waals surface area contributed by atoms with Gasteiger partial charge in [0.1, 0.15) is 5.83 Å². The van der Waals surface area contributed by atoms with Crippen LogP contribution in [0.25, 0.3) is 0 Å². The summed E-state index contributed by atoms with van der Waals surface area (Å²) in [6.45, 7) is 4.87. The maximum Gasteiger partial charge on any atom is 0.116 e. The van der Waals surface area contributed by atoms with Gasteiger partial charge in [0, 0.05) is 37.7 Å². The van der Waals surface area contributed by atoms with Crippen LogP contribution in [0.2, 0.25) is 0 Å². The fraction of sp³-hybridized carbons (Fsp3) is 0.556. The van der Waals surface area contributed by atoms with Crippen LogP contribution in [0.1, 0.15) is 30.4 Å². The largest absolute Gasteiger partial charge is 0.374 e. The van der Waals surface area contributed by atoms with Gasteiger partial charge in [-0.15, -0.1) is 0 Å². The number of benzene rings is 1. The molecule has 21 heavy (non-hydrogen) atoms. The van der Waals surface area contributed by atoms with Crippen molar-refractivity contribution in [2.75, 3.05) is 26.7 Å². The first-order valence-electron chi connectivity index (χ1n) is 7.96. The molecule has 114 valence electrons. The summed E-state index contributed by atoms with van der Waals surface area (Å²) in [7, 11) is 1.94. The molecule has 1 fully saturated rings. The van der Waals surface area contributed by atoms with Gasteiger partial charge in [0.2, 0.25) is 0 Å². The summed E-state index contributed by atoms with van der Waals surface area (Å²) >= 11 is 0. The average Bonchev–Trinajstić information content (AvgIpc) is 3.27. The Hall–Kier alpha value is -1.35. The number of hydrogen-bond acceptors (Lipinski definition) is 2. The van der Waals surface area contributed by atoms with E-state index in [1.54, 1.807) is 6.20 Å². The minimum Gasteiger partial charge on any atom is -0.374 e. The molecule has 0 bridgehead atoms. The lowest BCUT2D eigenvalue weighted by molar-refractivity contribution is 0.224. The molecule has 1 aromatic rings. The van der Waals surface area contributed by atoms with E-state index >= 15 is 0 Å². The zero-order valence-corrected chi connectivity index (χ0v) is 13.0. The van der Waals surface area contributed by atoms with Crippen molar-refractivity contribution in [3.63, 3.8) is 0 Å². The van der Waals surface area contributed by atoms with E-state index in [9.17, 15) is 4.39 Å². The predicted octanol–water partition coefficient (Wildman–Crippen LogP) is 3.38. The summed E-state index contributed by atoms with van der Waals surface area (Å²) in [5.74, 6) is 0.447. The Labute approximate surface area is 127 Å². The van der Waals surface area contributed by atoms with E-state index in [4.69, 9.17) is 0 Å². The number of hydrogen-bond donors (Lipinski definition) is 1. The number of likely N-dealkylation sites (N-methyl/N-ethyl adjacent to an activating group) is 1. The van der Waals surface area contributed by atoms with Crippen molar-refractivity contribution >= 4 is 0 Å². The standard InChI is InChI=1S/C18H25FN2/c1-14-3-5-15(6-4-14)18(7-8-18)16-11-17(19)13-21(12-16)10-9-20-2/h3-6,13,16,20H,7-12H2,1-2H3. The molecule has 1 unspecified atom stereocenters. The Balaban J connectivity index is 1.77. The molecule has 1 heterocycles. The molecule has 0 saturated heterocycles. The van der Waals surface area contributed by atoms with Gasteiger partial charge in [-0.3, -0.25) is 0 Å². The van der Waals surface area contributed by atoms with Crippen LogP contribution in [0.4, 0.5) is 4.39 Å². The second-order valence-corrected chi connectivity index (χ2v) is 6.60. The highest BCUT2D eigenvalue weighted by Crippen LogP contribution is 2.56. The molecule has 3 rings (SSSR count). The van der Waals surface area contributed by atoms with Crippen molar-refractivity contribution in [1.29, 1.82) is 0 Å². The molecule has 0 radical (unpaired) electrons. The van der Waals surface area contributed by atoms with Gasteiger partial charge in [-0.25, -0.2) is 4.39 Å². The monoisotopic (exact) mass is 288 g/mol. The molecule has 3 heteroatoms. The lowest BCUT2D eigenvalue weighted by Crippen LogP contribution is -2.38. The molecule has 1 atom stereocenters. The highest BCUT2D eigenvalue weighted by Gasteiger charge is 2.51. The van der Waals surface area contributed by atoms with Crippen LogP contribution in [0.15, 0.2) is 36.3 Å². The maximum atomic E-state index is 14.0. The van der Waals surface area contributed by atoms with Gasteiger partial charge in [-0.2, -0.15) is 0 Å². The van der Waals surface area contributed by atoms with Gasteiger partial charge in [0.05, 0.1) is 0 Å². The lowest BCUT2D eigenvalue weighted by atomic mass is 9.79. The minimum absolute atomic E-state index is 0.0424. The van der Waals surface area contributed by atoms with E-state index in [2.05, 4.69) is 41.4 Å². The van der Waals surface area contributed by atoms with Gasteiger partial charge in [0.15, 0.2) is 0 Å². The van der Waals surface area contributed by atoms with Crippen LogP contribution in [0, 0.1) is 12.8 Å². The predicted molar refractivity (Wildman–Crippen MR) is 84.9 cm³/mol. The summed E-state index contributed by atoms with van der Waals surface area (Å²) in [6, 6.07) is 8.86. The Morgan fingerprint density at radius 2 is 2.00 bits per heavy atom. The number of nitrogens with zero attached hydrogens (tertiary/aromatic N) is 1. The van der Waals surface area contributed by atoms with Crippen molar-refractivity contribution in [3.8, 4) is 0 Å². The highest BCUT2D eigenvalue weighted by atomic mass is 19.1. The van der Waals surface area contributed by atoms with Gasteiger partial charge in [-0.05, 0) is 38.3 Å². The lowest BCUT2D eigenvalue weighted by Gasteiger charge is -2.36. The third-order valence-corrected chi connectivity index (χ3v) is 5.06. The maximum absolute atomic E-state index is 14.0. The van der Waals surface area contributed by atoms with Crippen LogP contribution in [0.3, 0.4) is 0 Å². The molecule has 1 aliphatic heterocycles. The number of rotatable bonds is 5. The first-order valence-corrected chi connectivity index (χ1v) is 7.96. The average molecular weight is 288 g/mol. The van der Waals surface area contributed by atoms with Gasteiger partial charge in [-0.1, -0.05) is 29.8 Å². The molecule has 1 N–H and O–H groups in total. The topological polar surface area (TPSA) is 15.3 Å². The molecule has 1 aromatic carbocycles. The smallest absolute Gasteiger partial charge is 0.116 e. The fourth-order valence-electron chi connectivity index (χ4n) is 3.62. The molecule has 2 aliphatic rings. The molecule has 1 saturated carbocycles. The Morgan fingerprint density at radius 1 is 1.29 bits per heavy atom. The third kappa shape index (κ3) is 2.98.